The van der Waals surface area contributed by atoms with Crippen molar-refractivity contribution >= 4 is 43.6 Å². The molecule has 0 radical (unpaired) electrons. The summed E-state index contributed by atoms with van der Waals surface area (Å²) in [6.07, 6.45) is 10.00. The Balaban J connectivity index is 2.27. The quantitative estimate of drug-likeness (QED) is 0.603. The second-order valence-corrected chi connectivity index (χ2v) is 8.62. The smallest absolute Gasteiger partial charge is 0.250 e. The highest BCUT2D eigenvalue weighted by atomic mass is 127. The monoisotopic (exact) mass is 416 g/mol. The zero-order chi connectivity index (χ0) is 15.3. The van der Waals surface area contributed by atoms with Crippen molar-refractivity contribution in [2.24, 2.45) is 0 Å². The van der Waals surface area contributed by atoms with Crippen LogP contribution in [0.5, 0.6) is 0 Å². The molecule has 2 heterocycles. The third-order valence-electron chi connectivity index (χ3n) is 3.75. The fourth-order valence-electron chi connectivity index (χ4n) is 2.37. The number of allylic oxidation sites excluding steroid dienone is 3. The minimum atomic E-state index is -3.71. The zero-order valence-corrected chi connectivity index (χ0v) is 14.1. The van der Waals surface area contributed by atoms with Crippen LogP contribution in [0.3, 0.4) is 0 Å². The summed E-state index contributed by atoms with van der Waals surface area (Å²) in [6.45, 7) is 1.69. The topological polar surface area (TPSA) is 71.9 Å². The average Bonchev–Trinajstić information content (AvgIpc) is 2.88. The highest BCUT2D eigenvalue weighted by Crippen LogP contribution is 2.35. The molecular weight excluding hydrogens is 403 g/mol. The Morgan fingerprint density at radius 3 is 2.81 bits per heavy atom. The summed E-state index contributed by atoms with van der Waals surface area (Å²) >= 11 is 2.11. The predicted octanol–water partition coefficient (Wildman–Crippen LogP) is 2.20. The van der Waals surface area contributed by atoms with Gasteiger partial charge in [0.2, 0.25) is 0 Å². The van der Waals surface area contributed by atoms with Gasteiger partial charge in [-0.2, -0.15) is 0 Å². The molecule has 7 heteroatoms. The van der Waals surface area contributed by atoms with E-state index in [4.69, 9.17) is 0 Å². The van der Waals surface area contributed by atoms with Crippen LogP contribution in [0.15, 0.2) is 53.6 Å². The van der Waals surface area contributed by atoms with Gasteiger partial charge in [0.1, 0.15) is 10.4 Å². The minimum Gasteiger partial charge on any atom is -0.347 e. The van der Waals surface area contributed by atoms with E-state index >= 15 is 0 Å². The number of hydrogen-bond donors (Lipinski definition) is 1. The van der Waals surface area contributed by atoms with Crippen molar-refractivity contribution in [3.8, 4) is 0 Å². The van der Waals surface area contributed by atoms with Gasteiger partial charge in [-0.05, 0) is 13.0 Å². The maximum Gasteiger partial charge on any atom is 0.250 e. The summed E-state index contributed by atoms with van der Waals surface area (Å²) in [7, 11) is -3.71. The van der Waals surface area contributed by atoms with E-state index in [9.17, 15) is 13.2 Å². The van der Waals surface area contributed by atoms with E-state index in [2.05, 4.69) is 27.6 Å². The van der Waals surface area contributed by atoms with Gasteiger partial charge in [0.05, 0.1) is 9.31 Å². The van der Waals surface area contributed by atoms with Crippen LogP contribution in [0.2, 0.25) is 0 Å². The molecule has 2 unspecified atom stereocenters. The van der Waals surface area contributed by atoms with Gasteiger partial charge in [-0.1, -0.05) is 46.9 Å². The van der Waals surface area contributed by atoms with Gasteiger partial charge in [-0.3, -0.25) is 4.79 Å². The number of nitrogens with one attached hydrogen (secondary N) is 1. The van der Waals surface area contributed by atoms with Crippen LogP contribution in [0.25, 0.3) is 11.0 Å². The molecule has 21 heavy (non-hydrogen) atoms. The van der Waals surface area contributed by atoms with Crippen LogP contribution in [-0.4, -0.2) is 26.0 Å². The van der Waals surface area contributed by atoms with Crippen LogP contribution in [0, 0.1) is 0 Å². The molecule has 0 amide bonds. The van der Waals surface area contributed by atoms with E-state index in [-0.39, 0.29) is 9.35 Å². The maximum absolute atomic E-state index is 13.1. The van der Waals surface area contributed by atoms with Crippen molar-refractivity contribution in [1.82, 2.24) is 8.96 Å². The van der Waals surface area contributed by atoms with Crippen LogP contribution in [0.4, 0.5) is 0 Å². The molecule has 5 nitrogen and oxygen atoms in total. The number of alkyl halides is 1. The first-order valence-electron chi connectivity index (χ1n) is 6.32. The Hall–Kier alpha value is -1.35. The molecule has 0 spiro atoms. The highest BCUT2D eigenvalue weighted by molar-refractivity contribution is 14.1. The molecule has 0 saturated carbocycles. The molecule has 2 aromatic heterocycles. The third-order valence-corrected chi connectivity index (χ3v) is 8.21. The Morgan fingerprint density at radius 1 is 1.33 bits per heavy atom. The van der Waals surface area contributed by atoms with Crippen molar-refractivity contribution in [3.05, 3.63) is 59.1 Å². The number of nitrogens with zero attached hydrogens (tertiary/aromatic N) is 1. The summed E-state index contributed by atoms with van der Waals surface area (Å²) in [5.41, 5.74) is 0.100. The number of halogens is 1. The molecule has 0 fully saturated rings. The predicted molar refractivity (Wildman–Crippen MR) is 91.4 cm³/mol. The molecule has 0 saturated heterocycles. The summed E-state index contributed by atoms with van der Waals surface area (Å²) < 4.78 is 26.0. The maximum atomic E-state index is 13.1. The van der Waals surface area contributed by atoms with E-state index in [1.54, 1.807) is 19.1 Å². The number of aromatic nitrogens is 2. The fourth-order valence-corrected chi connectivity index (χ4v) is 5.43. The van der Waals surface area contributed by atoms with E-state index in [0.29, 0.717) is 11.0 Å². The van der Waals surface area contributed by atoms with Crippen molar-refractivity contribution in [2.75, 3.05) is 0 Å². The number of pyridine rings is 1. The van der Waals surface area contributed by atoms with Gasteiger partial charge >= 0.3 is 0 Å². The third kappa shape index (κ3) is 2.02. The lowest BCUT2D eigenvalue weighted by Gasteiger charge is -2.31. The Bertz CT molecular complexity index is 923. The molecule has 110 valence electrons. The lowest BCUT2D eigenvalue weighted by molar-refractivity contribution is 0.559. The Labute approximate surface area is 135 Å². The summed E-state index contributed by atoms with van der Waals surface area (Å²) in [6, 6.07) is 2.91. The number of rotatable bonds is 2. The summed E-state index contributed by atoms with van der Waals surface area (Å²) in [4.78, 5) is 14.6. The van der Waals surface area contributed by atoms with E-state index < -0.39 is 14.8 Å². The van der Waals surface area contributed by atoms with E-state index in [0.717, 1.165) is 0 Å². The minimum absolute atomic E-state index is 0.196. The largest absolute Gasteiger partial charge is 0.347 e. The second kappa shape index (κ2) is 4.84. The SMILES string of the molecule is CC1(S(=O)(=O)n2ccc3c(=O)cc[nH]c32)C=CC=CC1I. The molecule has 0 aromatic carbocycles. The lowest BCUT2D eigenvalue weighted by atomic mass is 10.0. The molecule has 3 rings (SSSR count). The first-order valence-corrected chi connectivity index (χ1v) is 9.00. The van der Waals surface area contributed by atoms with Gasteiger partial charge < -0.3 is 4.98 Å². The van der Waals surface area contributed by atoms with Crippen LogP contribution in [0.1, 0.15) is 6.92 Å². The summed E-state index contributed by atoms with van der Waals surface area (Å²) in [5, 5.41) is 0.366. The number of hydrogen-bond acceptors (Lipinski definition) is 3. The van der Waals surface area contributed by atoms with Crippen molar-refractivity contribution in [1.29, 1.82) is 0 Å². The Morgan fingerprint density at radius 2 is 2.10 bits per heavy atom. The lowest BCUT2D eigenvalue weighted by Crippen LogP contribution is -2.45. The summed E-state index contributed by atoms with van der Waals surface area (Å²) in [5.74, 6) is 0. The van der Waals surface area contributed by atoms with Crippen molar-refractivity contribution in [3.63, 3.8) is 0 Å². The molecule has 0 bridgehead atoms. The molecule has 2 atom stereocenters. The standard InChI is InChI=1S/C14H13IN2O3S/c1-14(7-3-2-4-12(14)15)21(19,20)17-9-6-10-11(18)5-8-16-13(10)17/h2-9,12H,1H3,(H,16,18). The fraction of sp³-hybridized carbons (Fsp3) is 0.214. The highest BCUT2D eigenvalue weighted by Gasteiger charge is 2.44. The molecular formula is C14H13IN2O3S. The van der Waals surface area contributed by atoms with E-state index in [1.807, 2.05) is 12.2 Å². The first-order chi connectivity index (χ1) is 9.88. The number of H-pyrrole nitrogens is 1. The van der Waals surface area contributed by atoms with Crippen LogP contribution in [-0.2, 0) is 10.0 Å². The Kier molecular flexibility index (Phi) is 3.36. The molecule has 1 aliphatic rings. The van der Waals surface area contributed by atoms with E-state index in [1.165, 1.54) is 28.5 Å². The van der Waals surface area contributed by atoms with Gasteiger partial charge in [-0.15, -0.1) is 0 Å². The average molecular weight is 416 g/mol. The molecule has 1 N–H and O–H groups in total. The zero-order valence-electron chi connectivity index (χ0n) is 11.2. The van der Waals surface area contributed by atoms with Crippen molar-refractivity contribution < 1.29 is 8.42 Å². The van der Waals surface area contributed by atoms with Gasteiger partial charge in [0, 0.05) is 18.5 Å². The van der Waals surface area contributed by atoms with Gasteiger partial charge in [0.15, 0.2) is 5.43 Å². The first kappa shape index (κ1) is 14.6. The van der Waals surface area contributed by atoms with Gasteiger partial charge in [-0.25, -0.2) is 12.4 Å². The molecule has 0 aliphatic heterocycles. The number of aromatic amines is 1. The molecule has 2 aromatic rings. The normalized spacial score (nSPS) is 25.5. The number of fused-ring (bicyclic) bond motifs is 1. The molecule has 1 aliphatic carbocycles. The van der Waals surface area contributed by atoms with Gasteiger partial charge in [0.25, 0.3) is 10.0 Å². The van der Waals surface area contributed by atoms with Crippen molar-refractivity contribution in [2.45, 2.75) is 15.6 Å². The second-order valence-electron chi connectivity index (χ2n) is 5.05. The van der Waals surface area contributed by atoms with Crippen LogP contribution < -0.4 is 5.43 Å². The van der Waals surface area contributed by atoms with Crippen LogP contribution >= 0.6 is 22.6 Å².